The van der Waals surface area contributed by atoms with Crippen molar-refractivity contribution in [1.82, 2.24) is 14.5 Å². The highest BCUT2D eigenvalue weighted by molar-refractivity contribution is 7.90. The third kappa shape index (κ3) is 2.68. The Hall–Kier alpha value is -2.55. The van der Waals surface area contributed by atoms with Gasteiger partial charge in [-0.15, -0.1) is 0 Å². The van der Waals surface area contributed by atoms with Gasteiger partial charge in [-0.25, -0.2) is 22.6 Å². The van der Waals surface area contributed by atoms with Gasteiger partial charge in [0.05, 0.1) is 12.7 Å². The highest BCUT2D eigenvalue weighted by Gasteiger charge is 2.30. The normalized spacial score (nSPS) is 17.2. The van der Waals surface area contributed by atoms with Crippen LogP contribution in [0.15, 0.2) is 17.2 Å². The van der Waals surface area contributed by atoms with E-state index >= 15 is 0 Å². The average Bonchev–Trinajstić information content (AvgIpc) is 3.36. The number of amides is 2. The lowest BCUT2D eigenvalue weighted by Crippen LogP contribution is -2.34. The molecule has 0 saturated heterocycles. The Balaban J connectivity index is 1.39. The second-order valence-corrected chi connectivity index (χ2v) is 8.82. The Labute approximate surface area is 156 Å². The number of anilines is 1. The number of rotatable bonds is 3. The molecule has 5 rings (SSSR count). The summed E-state index contributed by atoms with van der Waals surface area (Å²) in [7, 11) is -4.06. The summed E-state index contributed by atoms with van der Waals surface area (Å²) < 4.78 is 34.0. The van der Waals surface area contributed by atoms with Gasteiger partial charge in [0.25, 0.3) is 10.0 Å². The number of sulfonamides is 1. The van der Waals surface area contributed by atoms with Crippen molar-refractivity contribution in [2.75, 3.05) is 11.9 Å². The van der Waals surface area contributed by atoms with Crippen LogP contribution in [0.1, 0.15) is 35.1 Å². The molecule has 2 aliphatic carbocycles. The molecule has 1 aromatic heterocycles. The molecule has 8 nitrogen and oxygen atoms in total. The first-order valence-corrected chi connectivity index (χ1v) is 10.7. The maximum Gasteiger partial charge on any atom is 0.333 e. The fourth-order valence-electron chi connectivity index (χ4n) is 4.42. The molecule has 2 heterocycles. The summed E-state index contributed by atoms with van der Waals surface area (Å²) in [5, 5.41) is 6.74. The maximum absolute atomic E-state index is 12.6. The van der Waals surface area contributed by atoms with Gasteiger partial charge in [-0.3, -0.25) is 0 Å². The standard InChI is InChI=1S/C18H20N4O4S/c23-18(21-27(24,25)16-10-19-22-7-8-26-17(16)22)20-15-9-11-3-1-4-12(11)13-5-2-6-14(13)15/h9-10H,1-8H2,(H2,20,21,23). The predicted molar refractivity (Wildman–Crippen MR) is 97.6 cm³/mol. The molecule has 0 radical (unpaired) electrons. The van der Waals surface area contributed by atoms with Gasteiger partial charge in [-0.1, -0.05) is 0 Å². The lowest BCUT2D eigenvalue weighted by molar-refractivity contribution is 0.256. The second kappa shape index (κ2) is 5.98. The molecule has 0 saturated carbocycles. The van der Waals surface area contributed by atoms with Crippen LogP contribution in [-0.2, 0) is 42.3 Å². The molecular weight excluding hydrogens is 368 g/mol. The van der Waals surface area contributed by atoms with E-state index in [9.17, 15) is 13.2 Å². The smallest absolute Gasteiger partial charge is 0.333 e. The largest absolute Gasteiger partial charge is 0.475 e. The molecular formula is C18H20N4O4S. The zero-order chi connectivity index (χ0) is 18.6. The van der Waals surface area contributed by atoms with Crippen molar-refractivity contribution in [1.29, 1.82) is 0 Å². The minimum atomic E-state index is -4.06. The van der Waals surface area contributed by atoms with Gasteiger partial charge in [0, 0.05) is 5.69 Å². The van der Waals surface area contributed by atoms with E-state index in [-0.39, 0.29) is 10.8 Å². The Kier molecular flexibility index (Phi) is 3.68. The first kappa shape index (κ1) is 16.6. The first-order chi connectivity index (χ1) is 13.0. The van der Waals surface area contributed by atoms with Crippen LogP contribution in [0.2, 0.25) is 0 Å². The number of fused-ring (bicyclic) bond motifs is 4. The van der Waals surface area contributed by atoms with Gasteiger partial charge >= 0.3 is 6.03 Å². The zero-order valence-electron chi connectivity index (χ0n) is 14.7. The minimum absolute atomic E-state index is 0.116. The van der Waals surface area contributed by atoms with Crippen LogP contribution in [0.25, 0.3) is 0 Å². The van der Waals surface area contributed by atoms with Crippen molar-refractivity contribution in [3.8, 4) is 5.88 Å². The van der Waals surface area contributed by atoms with Crippen LogP contribution in [0.3, 0.4) is 0 Å². The van der Waals surface area contributed by atoms with E-state index < -0.39 is 16.1 Å². The van der Waals surface area contributed by atoms with Crippen molar-refractivity contribution in [3.63, 3.8) is 0 Å². The summed E-state index contributed by atoms with van der Waals surface area (Å²) in [4.78, 5) is 12.3. The van der Waals surface area contributed by atoms with Gasteiger partial charge in [-0.2, -0.15) is 5.10 Å². The third-order valence-electron chi connectivity index (χ3n) is 5.55. The van der Waals surface area contributed by atoms with Crippen LogP contribution in [0, 0.1) is 0 Å². The molecule has 1 aliphatic heterocycles. The molecule has 2 aromatic rings. The Morgan fingerprint density at radius 1 is 1.11 bits per heavy atom. The van der Waals surface area contributed by atoms with E-state index in [0.717, 1.165) is 49.8 Å². The number of aromatic nitrogens is 2. The zero-order valence-corrected chi connectivity index (χ0v) is 15.6. The summed E-state index contributed by atoms with van der Waals surface area (Å²) in [6.45, 7) is 0.872. The van der Waals surface area contributed by atoms with E-state index in [1.54, 1.807) is 0 Å². The SMILES string of the molecule is O=C(Nc1cc2c(c3c1CCC3)CCC2)NS(=O)(=O)c1cnn2c1OCC2. The molecule has 0 fully saturated rings. The van der Waals surface area contributed by atoms with Gasteiger partial charge in [0.1, 0.15) is 6.61 Å². The number of nitrogens with zero attached hydrogens (tertiary/aromatic N) is 2. The van der Waals surface area contributed by atoms with Gasteiger partial charge in [0.15, 0.2) is 4.90 Å². The monoisotopic (exact) mass is 388 g/mol. The number of carbonyl (C=O) groups excluding carboxylic acids is 1. The fourth-order valence-corrected chi connectivity index (χ4v) is 5.40. The quantitative estimate of drug-likeness (QED) is 0.834. The number of carbonyl (C=O) groups is 1. The highest BCUT2D eigenvalue weighted by Crippen LogP contribution is 2.38. The Morgan fingerprint density at radius 2 is 1.89 bits per heavy atom. The lowest BCUT2D eigenvalue weighted by atomic mass is 9.98. The van der Waals surface area contributed by atoms with E-state index in [1.807, 2.05) is 6.07 Å². The predicted octanol–water partition coefficient (Wildman–Crippen LogP) is 1.76. The molecule has 3 aliphatic rings. The molecule has 0 unspecified atom stereocenters. The van der Waals surface area contributed by atoms with E-state index in [0.29, 0.717) is 13.2 Å². The molecule has 9 heteroatoms. The van der Waals surface area contributed by atoms with Crippen LogP contribution in [0.5, 0.6) is 5.88 Å². The number of ether oxygens (including phenoxy) is 1. The number of benzene rings is 1. The van der Waals surface area contributed by atoms with E-state index in [2.05, 4.69) is 15.1 Å². The first-order valence-electron chi connectivity index (χ1n) is 9.22. The minimum Gasteiger partial charge on any atom is -0.475 e. The average molecular weight is 388 g/mol. The van der Waals surface area contributed by atoms with Crippen molar-refractivity contribution in [3.05, 3.63) is 34.5 Å². The topological polar surface area (TPSA) is 102 Å². The van der Waals surface area contributed by atoms with Crippen molar-refractivity contribution >= 4 is 21.7 Å². The molecule has 0 atom stereocenters. The van der Waals surface area contributed by atoms with Gasteiger partial charge in [0.2, 0.25) is 5.88 Å². The number of hydrogen-bond donors (Lipinski definition) is 2. The third-order valence-corrected chi connectivity index (χ3v) is 6.87. The van der Waals surface area contributed by atoms with Crippen molar-refractivity contribution in [2.45, 2.75) is 50.0 Å². The number of nitrogens with one attached hydrogen (secondary N) is 2. The maximum atomic E-state index is 12.6. The van der Waals surface area contributed by atoms with Gasteiger partial charge in [-0.05, 0) is 66.8 Å². The van der Waals surface area contributed by atoms with Crippen LogP contribution >= 0.6 is 0 Å². The molecule has 0 bridgehead atoms. The fraction of sp³-hybridized carbons (Fsp3) is 0.444. The Bertz CT molecular complexity index is 1060. The molecule has 0 spiro atoms. The highest BCUT2D eigenvalue weighted by atomic mass is 32.2. The molecule has 142 valence electrons. The van der Waals surface area contributed by atoms with Gasteiger partial charge < -0.3 is 10.1 Å². The summed E-state index contributed by atoms with van der Waals surface area (Å²) in [5.74, 6) is 0.175. The number of urea groups is 1. The molecule has 27 heavy (non-hydrogen) atoms. The van der Waals surface area contributed by atoms with Crippen molar-refractivity contribution in [2.24, 2.45) is 0 Å². The van der Waals surface area contributed by atoms with E-state index in [4.69, 9.17) is 4.74 Å². The van der Waals surface area contributed by atoms with Crippen LogP contribution < -0.4 is 14.8 Å². The van der Waals surface area contributed by atoms with Crippen molar-refractivity contribution < 1.29 is 17.9 Å². The van der Waals surface area contributed by atoms with Crippen LogP contribution in [-0.4, -0.2) is 30.8 Å². The Morgan fingerprint density at radius 3 is 2.78 bits per heavy atom. The molecule has 2 N–H and O–H groups in total. The number of hydrogen-bond acceptors (Lipinski definition) is 5. The molecule has 2 amide bonds. The van der Waals surface area contributed by atoms with E-state index in [1.165, 1.54) is 27.6 Å². The molecule has 1 aromatic carbocycles. The summed E-state index contributed by atoms with van der Waals surface area (Å²) in [6.07, 6.45) is 7.47. The lowest BCUT2D eigenvalue weighted by Gasteiger charge is -2.15. The summed E-state index contributed by atoms with van der Waals surface area (Å²) in [6, 6.07) is 1.25. The second-order valence-electron chi connectivity index (χ2n) is 7.17. The summed E-state index contributed by atoms with van der Waals surface area (Å²) >= 11 is 0. The van der Waals surface area contributed by atoms with Crippen LogP contribution in [0.4, 0.5) is 10.5 Å². The summed E-state index contributed by atoms with van der Waals surface area (Å²) in [5.41, 5.74) is 5.95. The number of aryl methyl sites for hydroxylation is 1.